The predicted octanol–water partition coefficient (Wildman–Crippen LogP) is 1.85. The van der Waals surface area contributed by atoms with Crippen molar-refractivity contribution in [1.29, 1.82) is 0 Å². The molecule has 2 N–H and O–H groups in total. The summed E-state index contributed by atoms with van der Waals surface area (Å²) < 4.78 is 5.05. The molecule has 0 aliphatic heterocycles. The van der Waals surface area contributed by atoms with E-state index in [1.54, 1.807) is 13.3 Å². The van der Waals surface area contributed by atoms with Crippen LogP contribution in [-0.4, -0.2) is 29.8 Å². The average molecular weight is 245 g/mol. The fourth-order valence-corrected chi connectivity index (χ4v) is 1.64. The van der Waals surface area contributed by atoms with E-state index in [1.807, 2.05) is 24.3 Å². The molecular weight excluding hydrogens is 230 g/mol. The van der Waals surface area contributed by atoms with Crippen LogP contribution in [0.25, 0.3) is 0 Å². The molecule has 0 unspecified atom stereocenters. The molecule has 1 aromatic heterocycles. The van der Waals surface area contributed by atoms with Crippen molar-refractivity contribution in [3.8, 4) is 0 Å². The summed E-state index contributed by atoms with van der Waals surface area (Å²) in [6.45, 7) is 0.624. The number of carbonyl (C=O) groups excluding carboxylic acids is 1. The van der Waals surface area contributed by atoms with Crippen molar-refractivity contribution in [2.75, 3.05) is 19.0 Å². The SMILES string of the molecule is COCCc1ccccc1NC(=O)c1cn[nH]c1. The lowest BCUT2D eigenvalue weighted by atomic mass is 10.1. The van der Waals surface area contributed by atoms with E-state index in [0.29, 0.717) is 12.2 Å². The Labute approximate surface area is 105 Å². The van der Waals surface area contributed by atoms with Gasteiger partial charge in [0.25, 0.3) is 5.91 Å². The van der Waals surface area contributed by atoms with Crippen molar-refractivity contribution in [2.24, 2.45) is 0 Å². The van der Waals surface area contributed by atoms with Crippen molar-refractivity contribution in [1.82, 2.24) is 10.2 Å². The van der Waals surface area contributed by atoms with E-state index in [2.05, 4.69) is 15.5 Å². The zero-order chi connectivity index (χ0) is 12.8. The predicted molar refractivity (Wildman–Crippen MR) is 68.6 cm³/mol. The molecule has 0 atom stereocenters. The number of hydrogen-bond donors (Lipinski definition) is 2. The normalized spacial score (nSPS) is 10.3. The summed E-state index contributed by atoms with van der Waals surface area (Å²) in [6.07, 6.45) is 3.82. The third-order valence-electron chi connectivity index (χ3n) is 2.60. The molecule has 94 valence electrons. The molecule has 0 saturated heterocycles. The van der Waals surface area contributed by atoms with Gasteiger partial charge < -0.3 is 10.1 Å². The van der Waals surface area contributed by atoms with Gasteiger partial charge in [-0.15, -0.1) is 0 Å². The lowest BCUT2D eigenvalue weighted by Crippen LogP contribution is -2.13. The number of nitrogens with zero attached hydrogens (tertiary/aromatic N) is 1. The number of ether oxygens (including phenoxy) is 1. The molecule has 2 aromatic rings. The molecule has 0 spiro atoms. The van der Waals surface area contributed by atoms with E-state index >= 15 is 0 Å². The van der Waals surface area contributed by atoms with Crippen molar-refractivity contribution in [3.63, 3.8) is 0 Å². The van der Waals surface area contributed by atoms with Crippen LogP contribution >= 0.6 is 0 Å². The number of carbonyl (C=O) groups is 1. The highest BCUT2D eigenvalue weighted by Gasteiger charge is 2.09. The summed E-state index contributed by atoms with van der Waals surface area (Å²) in [4.78, 5) is 11.9. The van der Waals surface area contributed by atoms with Crippen LogP contribution in [0.3, 0.4) is 0 Å². The smallest absolute Gasteiger partial charge is 0.258 e. The number of para-hydroxylation sites is 1. The van der Waals surface area contributed by atoms with Gasteiger partial charge in [0.1, 0.15) is 0 Å². The monoisotopic (exact) mass is 245 g/mol. The second kappa shape index (κ2) is 5.97. The first-order valence-corrected chi connectivity index (χ1v) is 5.68. The minimum atomic E-state index is -0.173. The summed E-state index contributed by atoms with van der Waals surface area (Å²) in [5, 5.41) is 9.23. The van der Waals surface area contributed by atoms with Gasteiger partial charge in [-0.2, -0.15) is 5.10 Å². The Morgan fingerprint density at radius 1 is 1.44 bits per heavy atom. The lowest BCUT2D eigenvalue weighted by Gasteiger charge is -2.09. The third-order valence-corrected chi connectivity index (χ3v) is 2.60. The van der Waals surface area contributed by atoms with Gasteiger partial charge in [0.15, 0.2) is 0 Å². The van der Waals surface area contributed by atoms with Crippen molar-refractivity contribution in [2.45, 2.75) is 6.42 Å². The number of rotatable bonds is 5. The highest BCUT2D eigenvalue weighted by atomic mass is 16.5. The number of aromatic amines is 1. The minimum absolute atomic E-state index is 0.173. The van der Waals surface area contributed by atoms with E-state index in [4.69, 9.17) is 4.74 Å². The molecule has 5 heteroatoms. The van der Waals surface area contributed by atoms with Crippen LogP contribution in [-0.2, 0) is 11.2 Å². The van der Waals surface area contributed by atoms with E-state index in [-0.39, 0.29) is 5.91 Å². The quantitative estimate of drug-likeness (QED) is 0.844. The Morgan fingerprint density at radius 2 is 2.28 bits per heavy atom. The Kier molecular flexibility index (Phi) is 4.09. The van der Waals surface area contributed by atoms with Gasteiger partial charge in [-0.25, -0.2) is 0 Å². The Bertz CT molecular complexity index is 509. The summed E-state index contributed by atoms with van der Waals surface area (Å²) in [5.41, 5.74) is 2.37. The van der Waals surface area contributed by atoms with Crippen molar-refractivity contribution >= 4 is 11.6 Å². The molecule has 1 aromatic carbocycles. The number of hydrogen-bond acceptors (Lipinski definition) is 3. The molecule has 0 fully saturated rings. The average Bonchev–Trinajstić information content (AvgIpc) is 2.91. The summed E-state index contributed by atoms with van der Waals surface area (Å²) in [5.74, 6) is -0.173. The van der Waals surface area contributed by atoms with Crippen molar-refractivity contribution in [3.05, 3.63) is 47.8 Å². The first-order valence-electron chi connectivity index (χ1n) is 5.68. The number of aromatic nitrogens is 2. The first-order chi connectivity index (χ1) is 8.81. The summed E-state index contributed by atoms with van der Waals surface area (Å²) in [7, 11) is 1.66. The van der Waals surface area contributed by atoms with E-state index in [9.17, 15) is 4.79 Å². The minimum Gasteiger partial charge on any atom is -0.384 e. The standard InChI is InChI=1S/C13H15N3O2/c1-18-7-6-10-4-2-3-5-12(10)16-13(17)11-8-14-15-9-11/h2-5,8-9H,6-7H2,1H3,(H,14,15)(H,16,17). The van der Waals surface area contributed by atoms with E-state index < -0.39 is 0 Å². The van der Waals surface area contributed by atoms with Crippen molar-refractivity contribution < 1.29 is 9.53 Å². The molecule has 2 rings (SSSR count). The molecule has 0 saturated carbocycles. The van der Waals surface area contributed by atoms with Gasteiger partial charge in [0, 0.05) is 19.0 Å². The van der Waals surface area contributed by atoms with Crippen LogP contribution in [0.15, 0.2) is 36.7 Å². The van der Waals surface area contributed by atoms with Crippen LogP contribution in [0, 0.1) is 0 Å². The Balaban J connectivity index is 2.11. The summed E-state index contributed by atoms with van der Waals surface area (Å²) >= 11 is 0. The summed E-state index contributed by atoms with van der Waals surface area (Å²) in [6, 6.07) is 7.69. The van der Waals surface area contributed by atoms with Gasteiger partial charge in [-0.3, -0.25) is 9.89 Å². The largest absolute Gasteiger partial charge is 0.384 e. The molecule has 1 heterocycles. The maximum Gasteiger partial charge on any atom is 0.258 e. The highest BCUT2D eigenvalue weighted by molar-refractivity contribution is 6.04. The molecule has 1 amide bonds. The highest BCUT2D eigenvalue weighted by Crippen LogP contribution is 2.16. The number of methoxy groups -OCH3 is 1. The van der Waals surface area contributed by atoms with Gasteiger partial charge >= 0.3 is 0 Å². The van der Waals surface area contributed by atoms with Gasteiger partial charge in [-0.1, -0.05) is 18.2 Å². The molecule has 0 aliphatic rings. The molecular formula is C13H15N3O2. The van der Waals surface area contributed by atoms with Gasteiger partial charge in [0.05, 0.1) is 18.4 Å². The molecule has 0 bridgehead atoms. The number of H-pyrrole nitrogens is 1. The second-order valence-electron chi connectivity index (χ2n) is 3.84. The van der Waals surface area contributed by atoms with Crippen LogP contribution < -0.4 is 5.32 Å². The van der Waals surface area contributed by atoms with Crippen LogP contribution in [0.2, 0.25) is 0 Å². The molecule has 18 heavy (non-hydrogen) atoms. The van der Waals surface area contributed by atoms with Gasteiger partial charge in [0.2, 0.25) is 0 Å². The molecule has 5 nitrogen and oxygen atoms in total. The Hall–Kier alpha value is -2.14. The maximum absolute atomic E-state index is 11.9. The maximum atomic E-state index is 11.9. The topological polar surface area (TPSA) is 67.0 Å². The Morgan fingerprint density at radius 3 is 3.00 bits per heavy atom. The fourth-order valence-electron chi connectivity index (χ4n) is 1.64. The number of anilines is 1. The van der Waals surface area contributed by atoms with Gasteiger partial charge in [-0.05, 0) is 18.1 Å². The molecule has 0 radical (unpaired) electrons. The van der Waals surface area contributed by atoms with Crippen LogP contribution in [0.1, 0.15) is 15.9 Å². The number of nitrogens with one attached hydrogen (secondary N) is 2. The lowest BCUT2D eigenvalue weighted by molar-refractivity contribution is 0.102. The van der Waals surface area contributed by atoms with E-state index in [1.165, 1.54) is 6.20 Å². The van der Waals surface area contributed by atoms with Crippen LogP contribution in [0.5, 0.6) is 0 Å². The second-order valence-corrected chi connectivity index (χ2v) is 3.84. The fraction of sp³-hybridized carbons (Fsp3) is 0.231. The number of benzene rings is 1. The van der Waals surface area contributed by atoms with E-state index in [0.717, 1.165) is 17.7 Å². The zero-order valence-electron chi connectivity index (χ0n) is 10.1. The third kappa shape index (κ3) is 2.95. The first kappa shape index (κ1) is 12.3. The molecule has 0 aliphatic carbocycles. The van der Waals surface area contributed by atoms with Crippen LogP contribution in [0.4, 0.5) is 5.69 Å². The number of amides is 1. The zero-order valence-corrected chi connectivity index (χ0v) is 10.1.